The first-order valence-electron chi connectivity index (χ1n) is 4.82. The lowest BCUT2D eigenvalue weighted by atomic mass is 10.1. The Morgan fingerprint density at radius 3 is 2.80 bits per heavy atom. The largest absolute Gasteiger partial charge is 0.365 e. The predicted octanol–water partition coefficient (Wildman–Crippen LogP) is 2.11. The minimum Gasteiger partial charge on any atom is -0.365 e. The molecule has 82 valence electrons. The maximum Gasteiger partial charge on any atom is 0.304 e. The van der Waals surface area contributed by atoms with E-state index in [1.807, 2.05) is 22.6 Å². The average Bonchev–Trinajstić information content (AvgIpc) is 2.68. The summed E-state index contributed by atoms with van der Waals surface area (Å²) in [5, 5.41) is 3.86. The molecule has 0 fully saturated rings. The molecule has 0 bridgehead atoms. The Kier molecular flexibility index (Phi) is 2.44. The van der Waals surface area contributed by atoms with E-state index >= 15 is 0 Å². The number of aliphatic imine (C=N–C) groups is 1. The number of nitrogens with two attached hydrogens (primary N) is 1. The van der Waals surface area contributed by atoms with Gasteiger partial charge < -0.3 is 10.6 Å². The highest BCUT2D eigenvalue weighted by Crippen LogP contribution is 2.35. The van der Waals surface area contributed by atoms with Crippen molar-refractivity contribution in [3.05, 3.63) is 22.4 Å². The standard InChI is InChI=1S/C10H15N3OS/c1-10(2,3)13-8(12-9(11)14-13)7-5-4-6-15-7/h4-6,8H,1-3H3,(H2,11,12). The van der Waals surface area contributed by atoms with Crippen LogP contribution in [0.15, 0.2) is 22.5 Å². The highest BCUT2D eigenvalue weighted by Gasteiger charge is 2.37. The third-order valence-corrected chi connectivity index (χ3v) is 3.03. The summed E-state index contributed by atoms with van der Waals surface area (Å²) in [5.41, 5.74) is 5.48. The molecular formula is C10H15N3OS. The second-order valence-corrected chi connectivity index (χ2v) is 5.42. The van der Waals surface area contributed by atoms with Crippen molar-refractivity contribution in [2.45, 2.75) is 32.5 Å². The van der Waals surface area contributed by atoms with Crippen LogP contribution in [0.2, 0.25) is 0 Å². The molecule has 4 nitrogen and oxygen atoms in total. The fourth-order valence-corrected chi connectivity index (χ4v) is 2.21. The molecule has 1 atom stereocenters. The normalized spacial score (nSPS) is 22.6. The van der Waals surface area contributed by atoms with Crippen LogP contribution in [0.4, 0.5) is 0 Å². The molecule has 0 saturated carbocycles. The summed E-state index contributed by atoms with van der Waals surface area (Å²) in [6.45, 7) is 6.21. The molecule has 1 aliphatic heterocycles. The van der Waals surface area contributed by atoms with Crippen molar-refractivity contribution in [3.63, 3.8) is 0 Å². The van der Waals surface area contributed by atoms with Gasteiger partial charge in [-0.2, -0.15) is 0 Å². The third-order valence-electron chi connectivity index (χ3n) is 2.12. The van der Waals surface area contributed by atoms with Crippen LogP contribution in [0, 0.1) is 0 Å². The van der Waals surface area contributed by atoms with Crippen LogP contribution in [0.1, 0.15) is 31.8 Å². The van der Waals surface area contributed by atoms with Crippen molar-refractivity contribution in [1.29, 1.82) is 0 Å². The van der Waals surface area contributed by atoms with Gasteiger partial charge in [-0.3, -0.25) is 0 Å². The third kappa shape index (κ3) is 1.98. The molecule has 1 unspecified atom stereocenters. The van der Waals surface area contributed by atoms with Crippen molar-refractivity contribution >= 4 is 17.4 Å². The first-order valence-corrected chi connectivity index (χ1v) is 5.70. The Bertz CT molecular complexity index is 367. The van der Waals surface area contributed by atoms with Gasteiger partial charge in [0.25, 0.3) is 0 Å². The lowest BCUT2D eigenvalue weighted by Crippen LogP contribution is -2.41. The summed E-state index contributed by atoms with van der Waals surface area (Å²) in [6.07, 6.45) is -0.106. The fraction of sp³-hybridized carbons (Fsp3) is 0.500. The van der Waals surface area contributed by atoms with Gasteiger partial charge in [0.15, 0.2) is 6.17 Å². The summed E-state index contributed by atoms with van der Waals surface area (Å²) in [5.74, 6) is 0. The molecule has 0 aromatic carbocycles. The second kappa shape index (κ2) is 3.50. The van der Waals surface area contributed by atoms with Gasteiger partial charge in [-0.25, -0.2) is 4.99 Å². The van der Waals surface area contributed by atoms with E-state index < -0.39 is 0 Å². The average molecular weight is 225 g/mol. The molecular weight excluding hydrogens is 210 g/mol. The van der Waals surface area contributed by atoms with Crippen molar-refractivity contribution in [2.75, 3.05) is 0 Å². The van der Waals surface area contributed by atoms with Crippen LogP contribution in [0.5, 0.6) is 0 Å². The smallest absolute Gasteiger partial charge is 0.304 e. The Labute approximate surface area is 93.3 Å². The van der Waals surface area contributed by atoms with E-state index in [0.717, 1.165) is 4.88 Å². The molecule has 0 aliphatic carbocycles. The molecule has 5 heteroatoms. The number of hydrogen-bond acceptors (Lipinski definition) is 5. The minimum absolute atomic E-state index is 0.106. The number of amidine groups is 1. The van der Waals surface area contributed by atoms with Crippen LogP contribution < -0.4 is 5.73 Å². The summed E-state index contributed by atoms with van der Waals surface area (Å²) in [6, 6.07) is 4.29. The highest BCUT2D eigenvalue weighted by molar-refractivity contribution is 7.10. The van der Waals surface area contributed by atoms with E-state index in [-0.39, 0.29) is 17.7 Å². The van der Waals surface area contributed by atoms with Crippen molar-refractivity contribution in [1.82, 2.24) is 5.06 Å². The summed E-state index contributed by atoms with van der Waals surface area (Å²) >= 11 is 1.66. The SMILES string of the molecule is CC(C)(C)N1OC(N)=NC1c1cccs1. The van der Waals surface area contributed by atoms with Crippen molar-refractivity contribution < 1.29 is 4.84 Å². The molecule has 0 saturated heterocycles. The van der Waals surface area contributed by atoms with Crippen LogP contribution in [0.3, 0.4) is 0 Å². The Hall–Kier alpha value is -1.07. The lowest BCUT2D eigenvalue weighted by Gasteiger charge is -2.32. The molecule has 1 aliphatic rings. The number of nitrogens with zero attached hydrogens (tertiary/aromatic N) is 2. The van der Waals surface area contributed by atoms with Crippen molar-refractivity contribution in [2.24, 2.45) is 10.7 Å². The van der Waals surface area contributed by atoms with Gasteiger partial charge in [0.1, 0.15) is 0 Å². The van der Waals surface area contributed by atoms with Crippen LogP contribution in [0.25, 0.3) is 0 Å². The van der Waals surface area contributed by atoms with Crippen LogP contribution >= 0.6 is 11.3 Å². The maximum atomic E-state index is 5.61. The number of hydrogen-bond donors (Lipinski definition) is 1. The van der Waals surface area contributed by atoms with Gasteiger partial charge in [-0.15, -0.1) is 16.4 Å². The van der Waals surface area contributed by atoms with E-state index in [0.29, 0.717) is 0 Å². The Balaban J connectivity index is 2.29. The van der Waals surface area contributed by atoms with Gasteiger partial charge in [-0.1, -0.05) is 6.07 Å². The molecule has 0 spiro atoms. The monoisotopic (exact) mass is 225 g/mol. The molecule has 1 aromatic rings. The van der Waals surface area contributed by atoms with E-state index in [9.17, 15) is 0 Å². The molecule has 0 radical (unpaired) electrons. The topological polar surface area (TPSA) is 50.9 Å². The molecule has 15 heavy (non-hydrogen) atoms. The number of hydroxylamine groups is 2. The molecule has 0 amide bonds. The van der Waals surface area contributed by atoms with E-state index in [1.54, 1.807) is 11.3 Å². The van der Waals surface area contributed by atoms with Gasteiger partial charge in [0, 0.05) is 4.88 Å². The highest BCUT2D eigenvalue weighted by atomic mass is 32.1. The lowest BCUT2D eigenvalue weighted by molar-refractivity contribution is -0.151. The molecule has 2 heterocycles. The van der Waals surface area contributed by atoms with E-state index in [4.69, 9.17) is 10.6 Å². The zero-order valence-electron chi connectivity index (χ0n) is 9.10. The van der Waals surface area contributed by atoms with Crippen LogP contribution in [-0.2, 0) is 4.84 Å². The molecule has 1 aromatic heterocycles. The first-order chi connectivity index (χ1) is 6.98. The van der Waals surface area contributed by atoms with E-state index in [2.05, 4.69) is 25.8 Å². The summed E-state index contributed by atoms with van der Waals surface area (Å²) in [7, 11) is 0. The Morgan fingerprint density at radius 2 is 2.27 bits per heavy atom. The molecule has 2 rings (SSSR count). The zero-order chi connectivity index (χ0) is 11.1. The predicted molar refractivity (Wildman–Crippen MR) is 61.4 cm³/mol. The first kappa shape index (κ1) is 10.4. The quantitative estimate of drug-likeness (QED) is 0.796. The number of rotatable bonds is 1. The zero-order valence-corrected chi connectivity index (χ0v) is 9.91. The van der Waals surface area contributed by atoms with Gasteiger partial charge in [-0.05, 0) is 32.2 Å². The fourth-order valence-electron chi connectivity index (χ4n) is 1.47. The summed E-state index contributed by atoms with van der Waals surface area (Å²) in [4.78, 5) is 10.9. The van der Waals surface area contributed by atoms with Crippen molar-refractivity contribution in [3.8, 4) is 0 Å². The van der Waals surface area contributed by atoms with Gasteiger partial charge >= 0.3 is 6.02 Å². The second-order valence-electron chi connectivity index (χ2n) is 4.44. The Morgan fingerprint density at radius 1 is 1.53 bits per heavy atom. The van der Waals surface area contributed by atoms with Gasteiger partial charge in [0.05, 0.1) is 5.54 Å². The van der Waals surface area contributed by atoms with Crippen LogP contribution in [-0.4, -0.2) is 16.6 Å². The minimum atomic E-state index is -0.126. The van der Waals surface area contributed by atoms with E-state index in [1.165, 1.54) is 0 Å². The molecule has 2 N–H and O–H groups in total. The number of thiophene rings is 1. The maximum absolute atomic E-state index is 5.61. The summed E-state index contributed by atoms with van der Waals surface area (Å²) < 4.78 is 0. The van der Waals surface area contributed by atoms with Gasteiger partial charge in [0.2, 0.25) is 0 Å².